The standard InChI is InChI=1S/C14H21N3O/c15-10-12-7-4-8-17(12)14(18)9-13(16)11-5-2-1-3-6-11/h1-2,11-13H,3-9,16H2. The largest absolute Gasteiger partial charge is 0.327 e. The van der Waals surface area contributed by atoms with Crippen LogP contribution in [-0.4, -0.2) is 29.4 Å². The highest BCUT2D eigenvalue weighted by molar-refractivity contribution is 5.77. The molecule has 1 saturated heterocycles. The van der Waals surface area contributed by atoms with E-state index in [1.165, 1.54) is 0 Å². The molecule has 1 fully saturated rings. The van der Waals surface area contributed by atoms with Gasteiger partial charge in [0.05, 0.1) is 6.07 Å². The maximum Gasteiger partial charge on any atom is 0.225 e. The highest BCUT2D eigenvalue weighted by Crippen LogP contribution is 2.24. The molecule has 98 valence electrons. The molecule has 1 heterocycles. The molecule has 0 spiro atoms. The Bertz CT molecular complexity index is 372. The molecule has 0 aromatic rings. The Morgan fingerprint density at radius 3 is 3.00 bits per heavy atom. The summed E-state index contributed by atoms with van der Waals surface area (Å²) in [5.41, 5.74) is 6.14. The number of nitriles is 1. The van der Waals surface area contributed by atoms with Gasteiger partial charge in [0, 0.05) is 19.0 Å². The fourth-order valence-electron chi connectivity index (χ4n) is 2.89. The van der Waals surface area contributed by atoms with E-state index in [4.69, 9.17) is 11.0 Å². The van der Waals surface area contributed by atoms with Gasteiger partial charge in [0.25, 0.3) is 0 Å². The van der Waals surface area contributed by atoms with Crippen LogP contribution >= 0.6 is 0 Å². The van der Waals surface area contributed by atoms with E-state index in [0.717, 1.165) is 32.1 Å². The first-order valence-electron chi connectivity index (χ1n) is 6.82. The minimum atomic E-state index is -0.226. The van der Waals surface area contributed by atoms with E-state index in [0.29, 0.717) is 18.9 Å². The summed E-state index contributed by atoms with van der Waals surface area (Å²) < 4.78 is 0. The van der Waals surface area contributed by atoms with Crippen molar-refractivity contribution in [1.29, 1.82) is 5.26 Å². The van der Waals surface area contributed by atoms with Crippen molar-refractivity contribution in [2.24, 2.45) is 11.7 Å². The minimum Gasteiger partial charge on any atom is -0.327 e. The molecule has 2 rings (SSSR count). The molecule has 3 unspecified atom stereocenters. The fourth-order valence-corrected chi connectivity index (χ4v) is 2.89. The van der Waals surface area contributed by atoms with Crippen molar-refractivity contribution in [3.8, 4) is 6.07 Å². The predicted octanol–water partition coefficient (Wildman–Crippen LogP) is 1.57. The van der Waals surface area contributed by atoms with Gasteiger partial charge in [0.15, 0.2) is 0 Å². The Morgan fingerprint density at radius 2 is 2.33 bits per heavy atom. The molecule has 3 atom stereocenters. The third-order valence-corrected chi connectivity index (χ3v) is 4.05. The molecular weight excluding hydrogens is 226 g/mol. The van der Waals surface area contributed by atoms with E-state index in [1.54, 1.807) is 4.90 Å². The summed E-state index contributed by atoms with van der Waals surface area (Å²) in [7, 11) is 0. The van der Waals surface area contributed by atoms with E-state index < -0.39 is 0 Å². The third kappa shape index (κ3) is 2.91. The number of allylic oxidation sites excluding steroid dienone is 2. The molecule has 1 amide bonds. The lowest BCUT2D eigenvalue weighted by molar-refractivity contribution is -0.131. The summed E-state index contributed by atoms with van der Waals surface area (Å²) in [6.07, 6.45) is 9.59. The van der Waals surface area contributed by atoms with Crippen LogP contribution in [0.5, 0.6) is 0 Å². The molecule has 0 radical (unpaired) electrons. The number of nitrogens with zero attached hydrogens (tertiary/aromatic N) is 2. The van der Waals surface area contributed by atoms with Crippen LogP contribution in [0.15, 0.2) is 12.2 Å². The van der Waals surface area contributed by atoms with Gasteiger partial charge < -0.3 is 10.6 Å². The first-order chi connectivity index (χ1) is 8.72. The first kappa shape index (κ1) is 13.1. The van der Waals surface area contributed by atoms with Gasteiger partial charge in [-0.2, -0.15) is 5.26 Å². The maximum absolute atomic E-state index is 12.1. The van der Waals surface area contributed by atoms with Crippen LogP contribution in [0.25, 0.3) is 0 Å². The van der Waals surface area contributed by atoms with Crippen LogP contribution in [0.1, 0.15) is 38.5 Å². The van der Waals surface area contributed by atoms with Crippen LogP contribution in [0.3, 0.4) is 0 Å². The average molecular weight is 247 g/mol. The van der Waals surface area contributed by atoms with Gasteiger partial charge in [-0.3, -0.25) is 4.79 Å². The highest BCUT2D eigenvalue weighted by atomic mass is 16.2. The van der Waals surface area contributed by atoms with Crippen LogP contribution in [0, 0.1) is 17.2 Å². The Morgan fingerprint density at radius 1 is 1.50 bits per heavy atom. The van der Waals surface area contributed by atoms with Gasteiger partial charge in [-0.25, -0.2) is 0 Å². The molecule has 4 heteroatoms. The number of hydrogen-bond donors (Lipinski definition) is 1. The molecule has 0 bridgehead atoms. The topological polar surface area (TPSA) is 70.1 Å². The van der Waals surface area contributed by atoms with Crippen LogP contribution in [0.4, 0.5) is 0 Å². The normalized spacial score (nSPS) is 29.0. The molecule has 2 aliphatic rings. The van der Waals surface area contributed by atoms with Crippen molar-refractivity contribution in [3.05, 3.63) is 12.2 Å². The highest BCUT2D eigenvalue weighted by Gasteiger charge is 2.30. The smallest absolute Gasteiger partial charge is 0.225 e. The Balaban J connectivity index is 1.87. The van der Waals surface area contributed by atoms with Crippen LogP contribution in [0.2, 0.25) is 0 Å². The predicted molar refractivity (Wildman–Crippen MR) is 69.4 cm³/mol. The van der Waals surface area contributed by atoms with E-state index in [-0.39, 0.29) is 18.0 Å². The summed E-state index contributed by atoms with van der Waals surface area (Å²) in [4.78, 5) is 13.9. The summed E-state index contributed by atoms with van der Waals surface area (Å²) in [6, 6.07) is 1.91. The maximum atomic E-state index is 12.1. The molecule has 4 nitrogen and oxygen atoms in total. The second-order valence-corrected chi connectivity index (χ2v) is 5.29. The Hall–Kier alpha value is -1.34. The van der Waals surface area contributed by atoms with Crippen molar-refractivity contribution >= 4 is 5.91 Å². The van der Waals surface area contributed by atoms with Crippen LogP contribution < -0.4 is 5.73 Å². The molecule has 0 aromatic heterocycles. The first-order valence-corrected chi connectivity index (χ1v) is 6.82. The van der Waals surface area contributed by atoms with Crippen molar-refractivity contribution in [3.63, 3.8) is 0 Å². The van der Waals surface area contributed by atoms with Gasteiger partial charge >= 0.3 is 0 Å². The van der Waals surface area contributed by atoms with Crippen LogP contribution in [-0.2, 0) is 4.79 Å². The second-order valence-electron chi connectivity index (χ2n) is 5.29. The summed E-state index contributed by atoms with van der Waals surface area (Å²) in [6.45, 7) is 0.717. The number of rotatable bonds is 3. The van der Waals surface area contributed by atoms with Gasteiger partial charge in [-0.15, -0.1) is 0 Å². The third-order valence-electron chi connectivity index (χ3n) is 4.05. The molecule has 18 heavy (non-hydrogen) atoms. The lowest BCUT2D eigenvalue weighted by atomic mass is 9.86. The number of carbonyl (C=O) groups is 1. The molecule has 0 saturated carbocycles. The Labute approximate surface area is 108 Å². The number of amides is 1. The molecular formula is C14H21N3O. The number of nitrogens with two attached hydrogens (primary N) is 1. The van der Waals surface area contributed by atoms with E-state index >= 15 is 0 Å². The van der Waals surface area contributed by atoms with Gasteiger partial charge in [0.1, 0.15) is 6.04 Å². The summed E-state index contributed by atoms with van der Waals surface area (Å²) in [5.74, 6) is 0.475. The van der Waals surface area contributed by atoms with E-state index in [9.17, 15) is 4.79 Å². The summed E-state index contributed by atoms with van der Waals surface area (Å²) >= 11 is 0. The quantitative estimate of drug-likeness (QED) is 0.770. The zero-order valence-corrected chi connectivity index (χ0v) is 10.7. The second kappa shape index (κ2) is 6.01. The van der Waals surface area contributed by atoms with Gasteiger partial charge in [0.2, 0.25) is 5.91 Å². The van der Waals surface area contributed by atoms with E-state index in [2.05, 4.69) is 18.2 Å². The van der Waals surface area contributed by atoms with Crippen molar-refractivity contribution in [1.82, 2.24) is 4.90 Å². The monoisotopic (exact) mass is 247 g/mol. The zero-order valence-electron chi connectivity index (χ0n) is 10.7. The van der Waals surface area contributed by atoms with E-state index in [1.807, 2.05) is 0 Å². The van der Waals surface area contributed by atoms with Crippen molar-refractivity contribution in [2.45, 2.75) is 50.6 Å². The molecule has 0 aromatic carbocycles. The summed E-state index contributed by atoms with van der Waals surface area (Å²) in [5, 5.41) is 8.98. The lowest BCUT2D eigenvalue weighted by Crippen LogP contribution is -2.41. The van der Waals surface area contributed by atoms with Crippen molar-refractivity contribution < 1.29 is 4.79 Å². The number of carbonyl (C=O) groups excluding carboxylic acids is 1. The number of hydrogen-bond acceptors (Lipinski definition) is 3. The average Bonchev–Trinajstić information content (AvgIpc) is 2.88. The fraction of sp³-hybridized carbons (Fsp3) is 0.714. The molecule has 1 aliphatic carbocycles. The SMILES string of the molecule is N#CC1CCCN1C(=O)CC(N)C1CC=CCC1. The minimum absolute atomic E-state index is 0.0566. The lowest BCUT2D eigenvalue weighted by Gasteiger charge is -2.27. The Kier molecular flexibility index (Phi) is 4.38. The molecule has 2 N–H and O–H groups in total. The van der Waals surface area contributed by atoms with Crippen molar-refractivity contribution in [2.75, 3.05) is 6.54 Å². The zero-order chi connectivity index (χ0) is 13.0. The molecule has 1 aliphatic heterocycles. The van der Waals surface area contributed by atoms with Gasteiger partial charge in [-0.05, 0) is 38.0 Å². The number of likely N-dealkylation sites (tertiary alicyclic amines) is 1. The van der Waals surface area contributed by atoms with Gasteiger partial charge in [-0.1, -0.05) is 12.2 Å².